The summed E-state index contributed by atoms with van der Waals surface area (Å²) in [6.45, 7) is 1.80. The first-order valence-electron chi connectivity index (χ1n) is 15.2. The molecule has 49 heavy (non-hydrogen) atoms. The summed E-state index contributed by atoms with van der Waals surface area (Å²) in [7, 11) is 0. The Hall–Kier alpha value is -5.09. The van der Waals surface area contributed by atoms with Gasteiger partial charge in [-0.05, 0) is 64.0 Å². The molecule has 2 aromatic carbocycles. The van der Waals surface area contributed by atoms with Crippen molar-refractivity contribution < 1.29 is 36.6 Å². The number of anilines is 2. The Labute approximate surface area is 276 Å². The first-order valence-corrected chi connectivity index (χ1v) is 15.2. The van der Waals surface area contributed by atoms with E-state index in [1.807, 2.05) is 24.3 Å². The number of aliphatic hydroxyl groups excluding tert-OH is 1. The highest BCUT2D eigenvalue weighted by molar-refractivity contribution is 5.66. The number of benzene rings is 2. The summed E-state index contributed by atoms with van der Waals surface area (Å²) in [5.41, 5.74) is -1.12. The molecule has 256 valence electrons. The van der Waals surface area contributed by atoms with Gasteiger partial charge < -0.3 is 20.0 Å². The van der Waals surface area contributed by atoms with Crippen molar-refractivity contribution in [2.45, 2.75) is 36.8 Å². The summed E-state index contributed by atoms with van der Waals surface area (Å²) in [4.78, 5) is 12.2. The molecule has 0 saturated carbocycles. The molecule has 3 aromatic heterocycles. The Bertz CT molecular complexity index is 1830. The van der Waals surface area contributed by atoms with E-state index in [0.29, 0.717) is 31.7 Å². The topological polar surface area (TPSA) is 116 Å². The second-order valence-electron chi connectivity index (χ2n) is 11.7. The summed E-state index contributed by atoms with van der Waals surface area (Å²) in [5.74, 6) is -4.78. The van der Waals surface area contributed by atoms with Crippen LogP contribution in [0.3, 0.4) is 0 Å². The maximum Gasteiger partial charge on any atom is 0.391 e. The van der Waals surface area contributed by atoms with Crippen LogP contribution in [0.15, 0.2) is 91.5 Å². The number of halogens is 6. The van der Waals surface area contributed by atoms with E-state index in [-0.39, 0.29) is 11.3 Å². The van der Waals surface area contributed by atoms with Gasteiger partial charge in [0.15, 0.2) is 5.60 Å². The largest absolute Gasteiger partial charge is 0.391 e. The number of aliphatic hydroxyl groups is 2. The third-order valence-corrected chi connectivity index (χ3v) is 8.44. The van der Waals surface area contributed by atoms with Gasteiger partial charge in [0.2, 0.25) is 0 Å². The highest BCUT2D eigenvalue weighted by atomic mass is 19.4. The van der Waals surface area contributed by atoms with E-state index in [1.54, 1.807) is 6.07 Å². The SMILES string of the molecule is OC(CC(F)(F)F)c1ccc(N2CCN(c3ccc(-c4ccc(C(F)(F)C(O)(Cn5cnnn5)c5cccc(F)c5)nc4)cc3)CC2)cn1. The van der Waals surface area contributed by atoms with Crippen LogP contribution in [-0.2, 0) is 18.1 Å². The molecule has 0 radical (unpaired) electrons. The van der Waals surface area contributed by atoms with Crippen LogP contribution in [0, 0.1) is 5.82 Å². The number of hydrogen-bond acceptors (Lipinski definition) is 9. The molecule has 0 amide bonds. The zero-order chi connectivity index (χ0) is 34.8. The average Bonchev–Trinajstić information content (AvgIpc) is 3.61. The summed E-state index contributed by atoms with van der Waals surface area (Å²) in [5, 5.41) is 31.7. The zero-order valence-electron chi connectivity index (χ0n) is 25.7. The normalized spacial score (nSPS) is 16.0. The van der Waals surface area contributed by atoms with Crippen LogP contribution in [0.2, 0.25) is 0 Å². The summed E-state index contributed by atoms with van der Waals surface area (Å²) in [6, 6.07) is 17.5. The predicted octanol–water partition coefficient (Wildman–Crippen LogP) is 5.26. The van der Waals surface area contributed by atoms with Gasteiger partial charge in [0, 0.05) is 43.6 Å². The monoisotopic (exact) mass is 684 g/mol. The quantitative estimate of drug-likeness (QED) is 0.190. The average molecular weight is 685 g/mol. The first-order chi connectivity index (χ1) is 23.3. The van der Waals surface area contributed by atoms with Gasteiger partial charge in [0.25, 0.3) is 0 Å². The lowest BCUT2D eigenvalue weighted by atomic mass is 9.85. The smallest absolute Gasteiger partial charge is 0.386 e. The number of aromatic nitrogens is 6. The number of hydrogen-bond donors (Lipinski definition) is 2. The van der Waals surface area contributed by atoms with Gasteiger partial charge in [-0.2, -0.15) is 22.0 Å². The maximum absolute atomic E-state index is 16.1. The fraction of sp³-hybridized carbons (Fsp3) is 0.303. The van der Waals surface area contributed by atoms with E-state index in [2.05, 4.69) is 35.3 Å². The summed E-state index contributed by atoms with van der Waals surface area (Å²) in [6.07, 6.45) is -3.76. The Balaban J connectivity index is 1.11. The second kappa shape index (κ2) is 13.4. The molecule has 1 fully saturated rings. The van der Waals surface area contributed by atoms with Crippen LogP contribution in [0.1, 0.15) is 29.5 Å². The molecule has 1 aliphatic rings. The number of nitrogens with zero attached hydrogens (tertiary/aromatic N) is 8. The van der Waals surface area contributed by atoms with Gasteiger partial charge in [-0.15, -0.1) is 5.10 Å². The number of alkyl halides is 5. The Morgan fingerprint density at radius 1 is 0.776 bits per heavy atom. The van der Waals surface area contributed by atoms with Crippen molar-refractivity contribution in [3.8, 4) is 11.1 Å². The fourth-order valence-corrected chi connectivity index (χ4v) is 5.76. The molecule has 2 atom stereocenters. The van der Waals surface area contributed by atoms with Crippen LogP contribution in [0.25, 0.3) is 11.1 Å². The van der Waals surface area contributed by atoms with Crippen molar-refractivity contribution in [2.24, 2.45) is 0 Å². The minimum absolute atomic E-state index is 0.0374. The predicted molar refractivity (Wildman–Crippen MR) is 166 cm³/mol. The Morgan fingerprint density at radius 3 is 2.02 bits per heavy atom. The van der Waals surface area contributed by atoms with E-state index in [4.69, 9.17) is 0 Å². The van der Waals surface area contributed by atoms with Crippen LogP contribution in [-0.4, -0.2) is 72.7 Å². The molecule has 1 saturated heterocycles. The molecule has 0 spiro atoms. The van der Waals surface area contributed by atoms with Crippen LogP contribution >= 0.6 is 0 Å². The molecular weight excluding hydrogens is 654 g/mol. The van der Waals surface area contributed by atoms with E-state index in [9.17, 15) is 27.8 Å². The number of piperazine rings is 1. The molecule has 10 nitrogen and oxygen atoms in total. The van der Waals surface area contributed by atoms with Crippen molar-refractivity contribution in [1.29, 1.82) is 0 Å². The van der Waals surface area contributed by atoms with Crippen LogP contribution < -0.4 is 9.80 Å². The molecule has 6 rings (SSSR count). The third-order valence-electron chi connectivity index (χ3n) is 8.44. The standard InChI is InChI=1S/C33H30F6N8O2/c34-25-3-1-2-24(16-25)31(49,20-47-21-42-43-44-47)33(38,39)30-11-6-23(18-41-30)22-4-7-26(8-5-22)45-12-14-46(15-13-45)27-9-10-28(40-19-27)29(48)17-32(35,36)37/h1-11,16,18-19,21,29,48-49H,12-15,17,20H2. The molecule has 0 bridgehead atoms. The van der Waals surface area contributed by atoms with E-state index >= 15 is 8.78 Å². The van der Waals surface area contributed by atoms with Crippen LogP contribution in [0.5, 0.6) is 0 Å². The molecule has 1 aliphatic heterocycles. The summed E-state index contributed by atoms with van der Waals surface area (Å²) >= 11 is 0. The summed E-state index contributed by atoms with van der Waals surface area (Å²) < 4.78 is 84.9. The lowest BCUT2D eigenvalue weighted by molar-refractivity contribution is -0.206. The van der Waals surface area contributed by atoms with Crippen LogP contribution in [0.4, 0.5) is 37.7 Å². The molecule has 5 aromatic rings. The van der Waals surface area contributed by atoms with Crippen molar-refractivity contribution in [3.63, 3.8) is 0 Å². The van der Waals surface area contributed by atoms with E-state index in [0.717, 1.165) is 46.1 Å². The molecule has 16 heteroatoms. The van der Waals surface area contributed by atoms with Crippen molar-refractivity contribution >= 4 is 11.4 Å². The lowest BCUT2D eigenvalue weighted by Gasteiger charge is -2.37. The number of pyridine rings is 2. The molecular formula is C33H30F6N8O2. The van der Waals surface area contributed by atoms with Gasteiger partial charge >= 0.3 is 12.1 Å². The van der Waals surface area contributed by atoms with Gasteiger partial charge in [-0.3, -0.25) is 9.97 Å². The highest BCUT2D eigenvalue weighted by Crippen LogP contribution is 2.46. The van der Waals surface area contributed by atoms with Crippen molar-refractivity contribution in [2.75, 3.05) is 36.0 Å². The maximum atomic E-state index is 16.1. The minimum Gasteiger partial charge on any atom is -0.386 e. The lowest BCUT2D eigenvalue weighted by Crippen LogP contribution is -2.47. The van der Waals surface area contributed by atoms with Crippen molar-refractivity contribution in [3.05, 3.63) is 114 Å². The Morgan fingerprint density at radius 2 is 1.45 bits per heavy atom. The van der Waals surface area contributed by atoms with Crippen molar-refractivity contribution in [1.82, 2.24) is 30.2 Å². The number of rotatable bonds is 10. The fourth-order valence-electron chi connectivity index (χ4n) is 5.76. The van der Waals surface area contributed by atoms with E-state index < -0.39 is 48.3 Å². The molecule has 2 unspecified atom stereocenters. The molecule has 2 N–H and O–H groups in total. The number of tetrazole rings is 1. The Kier molecular flexibility index (Phi) is 9.26. The molecule has 0 aliphatic carbocycles. The van der Waals surface area contributed by atoms with Gasteiger partial charge in [-0.1, -0.05) is 30.3 Å². The highest BCUT2D eigenvalue weighted by Gasteiger charge is 2.57. The third kappa shape index (κ3) is 7.34. The second-order valence-corrected chi connectivity index (χ2v) is 11.7. The zero-order valence-corrected chi connectivity index (χ0v) is 25.7. The molecule has 4 heterocycles. The first kappa shape index (κ1) is 33.8. The minimum atomic E-state index is -4.49. The van der Waals surface area contributed by atoms with Gasteiger partial charge in [0.05, 0.1) is 30.5 Å². The van der Waals surface area contributed by atoms with E-state index in [1.165, 1.54) is 36.7 Å². The van der Waals surface area contributed by atoms with Gasteiger partial charge in [-0.25, -0.2) is 9.07 Å². The van der Waals surface area contributed by atoms with Gasteiger partial charge in [0.1, 0.15) is 23.9 Å².